The first kappa shape index (κ1) is 15.6. The maximum absolute atomic E-state index is 9.89. The molecular weight excluding hydrogens is 278 g/mol. The van der Waals surface area contributed by atoms with Crippen molar-refractivity contribution in [1.82, 2.24) is 5.32 Å². The molecule has 3 atom stereocenters. The van der Waals surface area contributed by atoms with Gasteiger partial charge in [-0.1, -0.05) is 24.4 Å². The summed E-state index contributed by atoms with van der Waals surface area (Å²) >= 11 is 5.79. The van der Waals surface area contributed by atoms with Crippen LogP contribution in [0, 0.1) is 0 Å². The molecule has 4 nitrogen and oxygen atoms in total. The Morgan fingerprint density at radius 2 is 1.95 bits per heavy atom. The number of halogens is 1. The molecule has 2 rings (SSSR count). The van der Waals surface area contributed by atoms with Crippen molar-refractivity contribution < 1.29 is 14.9 Å². The summed E-state index contributed by atoms with van der Waals surface area (Å²) in [4.78, 5) is 0. The topological polar surface area (TPSA) is 61.7 Å². The third kappa shape index (κ3) is 4.94. The predicted molar refractivity (Wildman–Crippen MR) is 79.2 cm³/mol. The number of nitrogens with one attached hydrogen (secondary N) is 1. The van der Waals surface area contributed by atoms with E-state index in [2.05, 4.69) is 5.32 Å². The average Bonchev–Trinajstić information content (AvgIpc) is 2.46. The van der Waals surface area contributed by atoms with Gasteiger partial charge in [-0.05, 0) is 37.1 Å². The van der Waals surface area contributed by atoms with E-state index in [0.29, 0.717) is 17.3 Å². The largest absolute Gasteiger partial charge is 0.491 e. The zero-order chi connectivity index (χ0) is 14.4. The summed E-state index contributed by atoms with van der Waals surface area (Å²) in [5.41, 5.74) is 0. The lowest BCUT2D eigenvalue weighted by molar-refractivity contribution is 0.0673. The van der Waals surface area contributed by atoms with E-state index in [1.807, 2.05) is 0 Å². The zero-order valence-corrected chi connectivity index (χ0v) is 12.2. The van der Waals surface area contributed by atoms with Gasteiger partial charge < -0.3 is 20.3 Å². The van der Waals surface area contributed by atoms with Gasteiger partial charge in [0, 0.05) is 17.6 Å². The van der Waals surface area contributed by atoms with Crippen molar-refractivity contribution in [3.05, 3.63) is 29.3 Å². The van der Waals surface area contributed by atoms with Gasteiger partial charge >= 0.3 is 0 Å². The number of aliphatic hydroxyl groups is 2. The molecule has 20 heavy (non-hydrogen) atoms. The Morgan fingerprint density at radius 3 is 2.65 bits per heavy atom. The monoisotopic (exact) mass is 299 g/mol. The zero-order valence-electron chi connectivity index (χ0n) is 11.5. The molecule has 0 radical (unpaired) electrons. The van der Waals surface area contributed by atoms with Crippen LogP contribution in [-0.4, -0.2) is 41.6 Å². The van der Waals surface area contributed by atoms with Crippen molar-refractivity contribution in [3.63, 3.8) is 0 Å². The van der Waals surface area contributed by atoms with Crippen LogP contribution in [0.25, 0.3) is 0 Å². The molecule has 0 saturated heterocycles. The van der Waals surface area contributed by atoms with Crippen molar-refractivity contribution in [1.29, 1.82) is 0 Å². The van der Waals surface area contributed by atoms with Crippen LogP contribution in [0.3, 0.4) is 0 Å². The highest BCUT2D eigenvalue weighted by Crippen LogP contribution is 2.18. The molecule has 0 heterocycles. The first-order chi connectivity index (χ1) is 9.65. The predicted octanol–water partition coefficient (Wildman–Crippen LogP) is 1.97. The number of aliphatic hydroxyl groups excluding tert-OH is 2. The maximum atomic E-state index is 9.89. The summed E-state index contributed by atoms with van der Waals surface area (Å²) in [7, 11) is 0. The summed E-state index contributed by atoms with van der Waals surface area (Å²) < 4.78 is 5.48. The van der Waals surface area contributed by atoms with Crippen LogP contribution < -0.4 is 10.1 Å². The third-order valence-corrected chi connectivity index (χ3v) is 3.85. The Balaban J connectivity index is 1.67. The Hall–Kier alpha value is -0.810. The van der Waals surface area contributed by atoms with Crippen LogP contribution in [0.5, 0.6) is 5.75 Å². The first-order valence-corrected chi connectivity index (χ1v) is 7.51. The highest BCUT2D eigenvalue weighted by Gasteiger charge is 2.23. The molecule has 0 aliphatic heterocycles. The molecule has 3 unspecified atom stereocenters. The lowest BCUT2D eigenvalue weighted by Crippen LogP contribution is -2.45. The van der Waals surface area contributed by atoms with E-state index in [-0.39, 0.29) is 18.8 Å². The minimum Gasteiger partial charge on any atom is -0.491 e. The summed E-state index contributed by atoms with van der Waals surface area (Å²) in [6.45, 7) is 0.646. The SMILES string of the molecule is OC(CNC1CCCCC1O)COc1ccc(Cl)cc1. The number of hydrogen-bond acceptors (Lipinski definition) is 4. The van der Waals surface area contributed by atoms with Crippen LogP contribution in [0.2, 0.25) is 5.02 Å². The molecule has 0 amide bonds. The highest BCUT2D eigenvalue weighted by atomic mass is 35.5. The quantitative estimate of drug-likeness (QED) is 0.751. The fourth-order valence-electron chi connectivity index (χ4n) is 2.42. The molecule has 1 aromatic carbocycles. The minimum absolute atomic E-state index is 0.0916. The van der Waals surface area contributed by atoms with E-state index in [9.17, 15) is 10.2 Å². The van der Waals surface area contributed by atoms with Crippen LogP contribution in [0.15, 0.2) is 24.3 Å². The molecular formula is C15H22ClNO3. The van der Waals surface area contributed by atoms with Gasteiger partial charge in [0.1, 0.15) is 18.5 Å². The van der Waals surface area contributed by atoms with E-state index in [1.165, 1.54) is 0 Å². The molecule has 0 bridgehead atoms. The van der Waals surface area contributed by atoms with Gasteiger partial charge in [-0.2, -0.15) is 0 Å². The Labute approximate surface area is 124 Å². The van der Waals surface area contributed by atoms with Gasteiger partial charge in [0.15, 0.2) is 0 Å². The average molecular weight is 300 g/mol. The van der Waals surface area contributed by atoms with Crippen molar-refractivity contribution >= 4 is 11.6 Å². The van der Waals surface area contributed by atoms with Crippen LogP contribution in [0.1, 0.15) is 25.7 Å². The molecule has 0 spiro atoms. The summed E-state index contributed by atoms with van der Waals surface area (Å²) in [5, 5.41) is 23.6. The first-order valence-electron chi connectivity index (χ1n) is 7.13. The van der Waals surface area contributed by atoms with Crippen molar-refractivity contribution in [2.24, 2.45) is 0 Å². The normalized spacial score (nSPS) is 24.4. The van der Waals surface area contributed by atoms with Crippen molar-refractivity contribution in [2.75, 3.05) is 13.2 Å². The van der Waals surface area contributed by atoms with Gasteiger partial charge in [-0.3, -0.25) is 0 Å². The highest BCUT2D eigenvalue weighted by molar-refractivity contribution is 6.30. The second kappa shape index (κ2) is 7.84. The van der Waals surface area contributed by atoms with Gasteiger partial charge in [-0.25, -0.2) is 0 Å². The maximum Gasteiger partial charge on any atom is 0.119 e. The molecule has 0 aromatic heterocycles. The number of rotatable bonds is 6. The molecule has 1 aliphatic rings. The standard InChI is InChI=1S/C15H22ClNO3/c16-11-5-7-13(8-6-11)20-10-12(18)9-17-14-3-1-2-4-15(14)19/h5-8,12,14-15,17-19H,1-4,9-10H2. The molecule has 1 aromatic rings. The molecule has 112 valence electrons. The summed E-state index contributed by atoms with van der Waals surface area (Å²) in [6.07, 6.45) is 3.13. The lowest BCUT2D eigenvalue weighted by atomic mass is 9.92. The minimum atomic E-state index is -0.597. The van der Waals surface area contributed by atoms with E-state index >= 15 is 0 Å². The van der Waals surface area contributed by atoms with Crippen molar-refractivity contribution in [2.45, 2.75) is 43.9 Å². The molecule has 5 heteroatoms. The Bertz CT molecular complexity index is 399. The van der Waals surface area contributed by atoms with E-state index in [1.54, 1.807) is 24.3 Å². The Kier molecular flexibility index (Phi) is 6.10. The molecule has 1 aliphatic carbocycles. The van der Waals surface area contributed by atoms with Crippen LogP contribution in [0.4, 0.5) is 0 Å². The van der Waals surface area contributed by atoms with Gasteiger partial charge in [0.2, 0.25) is 0 Å². The van der Waals surface area contributed by atoms with E-state index < -0.39 is 6.10 Å². The summed E-state index contributed by atoms with van der Waals surface area (Å²) in [5.74, 6) is 0.686. The lowest BCUT2D eigenvalue weighted by Gasteiger charge is -2.29. The Morgan fingerprint density at radius 1 is 1.25 bits per heavy atom. The number of hydrogen-bond donors (Lipinski definition) is 3. The number of ether oxygens (including phenoxy) is 1. The molecule has 3 N–H and O–H groups in total. The second-order valence-corrected chi connectivity index (χ2v) is 5.72. The molecule has 1 saturated carbocycles. The summed E-state index contributed by atoms with van der Waals surface area (Å²) in [6, 6.07) is 7.13. The van der Waals surface area contributed by atoms with Crippen LogP contribution >= 0.6 is 11.6 Å². The number of benzene rings is 1. The van der Waals surface area contributed by atoms with Gasteiger partial charge in [0.25, 0.3) is 0 Å². The van der Waals surface area contributed by atoms with Gasteiger partial charge in [-0.15, -0.1) is 0 Å². The fraction of sp³-hybridized carbons (Fsp3) is 0.600. The second-order valence-electron chi connectivity index (χ2n) is 5.29. The van der Waals surface area contributed by atoms with Crippen LogP contribution in [-0.2, 0) is 0 Å². The third-order valence-electron chi connectivity index (χ3n) is 3.60. The van der Waals surface area contributed by atoms with E-state index in [4.69, 9.17) is 16.3 Å². The fourth-order valence-corrected chi connectivity index (χ4v) is 2.54. The van der Waals surface area contributed by atoms with Crippen molar-refractivity contribution in [3.8, 4) is 5.75 Å². The van der Waals surface area contributed by atoms with E-state index in [0.717, 1.165) is 25.7 Å². The van der Waals surface area contributed by atoms with Gasteiger partial charge in [0.05, 0.1) is 6.10 Å². The molecule has 1 fully saturated rings. The smallest absolute Gasteiger partial charge is 0.119 e.